The Morgan fingerprint density at radius 3 is 2.39 bits per heavy atom. The van der Waals surface area contributed by atoms with Gasteiger partial charge in [0, 0.05) is 46.3 Å². The van der Waals surface area contributed by atoms with Crippen LogP contribution in [0.3, 0.4) is 0 Å². The van der Waals surface area contributed by atoms with E-state index in [-0.39, 0.29) is 16.4 Å². The van der Waals surface area contributed by atoms with E-state index >= 15 is 0 Å². The van der Waals surface area contributed by atoms with Crippen molar-refractivity contribution in [3.05, 3.63) is 80.4 Å². The van der Waals surface area contributed by atoms with Crippen LogP contribution in [-0.2, 0) is 0 Å². The third kappa shape index (κ3) is 3.71. The van der Waals surface area contributed by atoms with Gasteiger partial charge in [-0.15, -0.1) is 0 Å². The number of hydrogen-bond acceptors (Lipinski definition) is 3. The summed E-state index contributed by atoms with van der Waals surface area (Å²) in [5.74, 6) is 0.513. The lowest BCUT2D eigenvalue weighted by Gasteiger charge is -2.26. The van der Waals surface area contributed by atoms with Crippen LogP contribution in [0.15, 0.2) is 63.8 Å². The highest BCUT2D eigenvalue weighted by Gasteiger charge is 2.21. The van der Waals surface area contributed by atoms with E-state index in [1.165, 1.54) is 12.5 Å². The molecule has 1 fully saturated rings. The van der Waals surface area contributed by atoms with E-state index in [0.29, 0.717) is 21.9 Å². The number of carbonyl (C=O) groups is 1. The third-order valence-electron chi connectivity index (χ3n) is 5.80. The molecule has 4 nitrogen and oxygen atoms in total. The number of likely N-dealkylation sites (tertiary alicyclic amines) is 1. The van der Waals surface area contributed by atoms with Crippen LogP contribution in [0.25, 0.3) is 33.4 Å². The molecule has 0 N–H and O–H groups in total. The molecule has 0 spiro atoms. The molecule has 0 saturated carbocycles. The molecule has 1 saturated heterocycles. The summed E-state index contributed by atoms with van der Waals surface area (Å²) in [6, 6.07) is 15.9. The fourth-order valence-corrected chi connectivity index (χ4v) is 4.57. The molecular weight excluding hydrogens is 433 g/mol. The van der Waals surface area contributed by atoms with Crippen molar-refractivity contribution >= 4 is 40.1 Å². The van der Waals surface area contributed by atoms with Crippen LogP contribution in [0.2, 0.25) is 10.0 Å². The first-order valence-electron chi connectivity index (χ1n) is 10.3. The van der Waals surface area contributed by atoms with Crippen molar-refractivity contribution in [2.24, 2.45) is 0 Å². The zero-order valence-electron chi connectivity index (χ0n) is 16.7. The number of carbonyl (C=O) groups excluding carboxylic acids is 1. The molecule has 3 aliphatic rings. The number of amides is 1. The maximum Gasteiger partial charge on any atom is 0.253 e. The first-order chi connectivity index (χ1) is 15.0. The number of halogens is 2. The average molecular weight is 452 g/mol. The van der Waals surface area contributed by atoms with Gasteiger partial charge in [0.25, 0.3) is 5.91 Å². The first kappa shape index (κ1) is 20.1. The molecule has 0 bridgehead atoms. The average Bonchev–Trinajstić information content (AvgIpc) is 2.79. The number of fused-ring (bicyclic) bond motifs is 2. The van der Waals surface area contributed by atoms with Crippen molar-refractivity contribution in [2.45, 2.75) is 19.3 Å². The molecule has 0 atom stereocenters. The predicted molar refractivity (Wildman–Crippen MR) is 124 cm³/mol. The molecule has 5 rings (SSSR count). The van der Waals surface area contributed by atoms with Gasteiger partial charge in [-0.25, -0.2) is 0 Å². The van der Waals surface area contributed by atoms with Crippen molar-refractivity contribution in [2.75, 3.05) is 13.1 Å². The summed E-state index contributed by atoms with van der Waals surface area (Å²) < 4.78 is 5.96. The number of hydrogen-bond donors (Lipinski definition) is 0. The fourth-order valence-electron chi connectivity index (χ4n) is 4.23. The van der Waals surface area contributed by atoms with Crippen LogP contribution in [0.4, 0.5) is 0 Å². The summed E-state index contributed by atoms with van der Waals surface area (Å²) in [5.41, 5.74) is 3.45. The normalized spacial score (nSPS) is 14.3. The van der Waals surface area contributed by atoms with E-state index in [1.54, 1.807) is 18.2 Å². The van der Waals surface area contributed by atoms with E-state index in [1.807, 2.05) is 35.2 Å². The van der Waals surface area contributed by atoms with Crippen molar-refractivity contribution in [3.63, 3.8) is 0 Å². The highest BCUT2D eigenvalue weighted by Crippen LogP contribution is 2.41. The zero-order chi connectivity index (χ0) is 21.5. The number of benzene rings is 3. The molecule has 6 heteroatoms. The monoisotopic (exact) mass is 451 g/mol. The lowest BCUT2D eigenvalue weighted by atomic mass is 9.93. The lowest BCUT2D eigenvalue weighted by molar-refractivity contribution is 0.0724. The summed E-state index contributed by atoms with van der Waals surface area (Å²) in [6.07, 6.45) is 3.29. The predicted octanol–water partition coefficient (Wildman–Crippen LogP) is 6.50. The number of piperidine rings is 1. The second kappa shape index (κ2) is 8.03. The van der Waals surface area contributed by atoms with Crippen molar-refractivity contribution < 1.29 is 9.21 Å². The molecule has 2 aromatic rings. The summed E-state index contributed by atoms with van der Waals surface area (Å²) >= 11 is 12.4. The molecule has 156 valence electrons. The molecule has 2 aromatic carbocycles. The Balaban J connectivity index is 1.66. The van der Waals surface area contributed by atoms with E-state index in [2.05, 4.69) is 0 Å². The quantitative estimate of drug-likeness (QED) is 0.327. The van der Waals surface area contributed by atoms with Crippen LogP contribution >= 0.6 is 23.2 Å². The molecule has 1 amide bonds. The highest BCUT2D eigenvalue weighted by atomic mass is 35.5. The topological polar surface area (TPSA) is 50.5 Å². The molecule has 0 aromatic heterocycles. The maximum absolute atomic E-state index is 12.8. The van der Waals surface area contributed by atoms with E-state index < -0.39 is 0 Å². The minimum absolute atomic E-state index is 0.0612. The standard InChI is InChI=1S/C25H19Cl2NO3/c26-17-8-9-22-18(12-17)24(19-13-20(27)21(29)14-23(19)31-22)15-4-6-16(7-5-15)25(30)28-10-2-1-3-11-28/h4-9,12-14H,1-3,10-11H2. The Kier molecular flexibility index (Phi) is 5.20. The molecule has 0 radical (unpaired) electrons. The fraction of sp³-hybridized carbons (Fsp3) is 0.200. The second-order valence-corrected chi connectivity index (χ2v) is 8.67. The van der Waals surface area contributed by atoms with Crippen molar-refractivity contribution in [1.29, 1.82) is 0 Å². The van der Waals surface area contributed by atoms with Crippen LogP contribution in [0.5, 0.6) is 0 Å². The van der Waals surface area contributed by atoms with Crippen LogP contribution in [0.1, 0.15) is 29.6 Å². The molecule has 31 heavy (non-hydrogen) atoms. The van der Waals surface area contributed by atoms with Crippen LogP contribution in [-0.4, -0.2) is 23.9 Å². The van der Waals surface area contributed by atoms with Gasteiger partial charge in [-0.2, -0.15) is 0 Å². The summed E-state index contributed by atoms with van der Waals surface area (Å²) in [4.78, 5) is 26.8. The Morgan fingerprint density at radius 1 is 0.903 bits per heavy atom. The van der Waals surface area contributed by atoms with E-state index in [9.17, 15) is 9.59 Å². The highest BCUT2D eigenvalue weighted by molar-refractivity contribution is 6.32. The second-order valence-electron chi connectivity index (χ2n) is 7.83. The van der Waals surface area contributed by atoms with Crippen molar-refractivity contribution in [1.82, 2.24) is 4.90 Å². The minimum atomic E-state index is -0.292. The lowest BCUT2D eigenvalue weighted by Crippen LogP contribution is -2.35. The molecule has 1 aliphatic carbocycles. The van der Waals surface area contributed by atoms with Gasteiger partial charge >= 0.3 is 0 Å². The zero-order valence-corrected chi connectivity index (χ0v) is 18.2. The van der Waals surface area contributed by atoms with Gasteiger partial charge in [0.1, 0.15) is 11.3 Å². The Morgan fingerprint density at radius 2 is 1.65 bits per heavy atom. The van der Waals surface area contributed by atoms with Crippen molar-refractivity contribution in [3.8, 4) is 22.5 Å². The largest absolute Gasteiger partial charge is 0.456 e. The molecule has 2 aliphatic heterocycles. The van der Waals surface area contributed by atoms with Gasteiger partial charge in [0.15, 0.2) is 0 Å². The summed E-state index contributed by atoms with van der Waals surface area (Å²) in [5, 5.41) is 1.51. The minimum Gasteiger partial charge on any atom is -0.456 e. The Hall–Kier alpha value is -2.82. The Labute approximate surface area is 189 Å². The number of nitrogens with zero attached hydrogens (tertiary/aromatic N) is 1. The molecule has 0 unspecified atom stereocenters. The molecular formula is C25H19Cl2NO3. The van der Waals surface area contributed by atoms with Gasteiger partial charge < -0.3 is 9.32 Å². The van der Waals surface area contributed by atoms with Gasteiger partial charge in [-0.05, 0) is 61.2 Å². The number of rotatable bonds is 2. The van der Waals surface area contributed by atoms with Gasteiger partial charge in [0.05, 0.1) is 5.02 Å². The van der Waals surface area contributed by atoms with E-state index in [4.69, 9.17) is 27.6 Å². The molecule has 2 heterocycles. The van der Waals surface area contributed by atoms with Crippen LogP contribution < -0.4 is 5.43 Å². The summed E-state index contributed by atoms with van der Waals surface area (Å²) in [7, 11) is 0. The summed E-state index contributed by atoms with van der Waals surface area (Å²) in [6.45, 7) is 1.62. The smallest absolute Gasteiger partial charge is 0.253 e. The third-order valence-corrected chi connectivity index (χ3v) is 6.33. The van der Waals surface area contributed by atoms with Gasteiger partial charge in [-0.1, -0.05) is 35.3 Å². The SMILES string of the molecule is O=C(c1ccc(-c2c3cc(Cl)c(=O)cc-3oc3ccc(Cl)cc23)cc1)N1CCCCC1. The van der Waals surface area contributed by atoms with Crippen LogP contribution in [0, 0.1) is 0 Å². The maximum atomic E-state index is 12.8. The first-order valence-corrected chi connectivity index (χ1v) is 11.0. The van der Waals surface area contributed by atoms with Gasteiger partial charge in [0.2, 0.25) is 5.43 Å². The Bertz CT molecular complexity index is 1320. The van der Waals surface area contributed by atoms with Gasteiger partial charge in [-0.3, -0.25) is 9.59 Å². The van der Waals surface area contributed by atoms with E-state index in [0.717, 1.165) is 48.0 Å².